The largest absolute Gasteiger partial charge is 0.326 e. The maximum atomic E-state index is 11.8. The van der Waals surface area contributed by atoms with Gasteiger partial charge in [-0.2, -0.15) is 0 Å². The second-order valence-corrected chi connectivity index (χ2v) is 4.41. The number of urea groups is 1. The van der Waals surface area contributed by atoms with Crippen molar-refractivity contribution in [3.05, 3.63) is 0 Å². The Labute approximate surface area is 101 Å². The van der Waals surface area contributed by atoms with Gasteiger partial charge in [-0.1, -0.05) is 19.8 Å². The number of unbranched alkanes of at least 4 members (excludes halogenated alkanes) is 2. The molecule has 3 amide bonds. The Bertz CT molecular complexity index is 258. The molecule has 1 N–H and O–H groups in total. The first-order valence-corrected chi connectivity index (χ1v) is 6.42. The summed E-state index contributed by atoms with van der Waals surface area (Å²) in [5.41, 5.74) is 0. The molecule has 0 aromatic carbocycles. The van der Waals surface area contributed by atoms with Gasteiger partial charge in [-0.3, -0.25) is 9.69 Å². The van der Waals surface area contributed by atoms with Crippen molar-refractivity contribution in [2.45, 2.75) is 45.1 Å². The minimum absolute atomic E-state index is 0.0716. The number of rotatable bonds is 7. The van der Waals surface area contributed by atoms with E-state index in [0.717, 1.165) is 32.1 Å². The van der Waals surface area contributed by atoms with Gasteiger partial charge in [0.2, 0.25) is 0 Å². The molecule has 1 rings (SSSR count). The zero-order valence-corrected chi connectivity index (χ0v) is 10.4. The van der Waals surface area contributed by atoms with E-state index in [1.165, 1.54) is 4.90 Å². The molecule has 0 spiro atoms. The number of nitrogens with one attached hydrogen (secondary N) is 1. The highest BCUT2D eigenvalue weighted by Gasteiger charge is 2.36. The van der Waals surface area contributed by atoms with Crippen LogP contribution in [0.3, 0.4) is 0 Å². The summed E-state index contributed by atoms with van der Waals surface area (Å²) in [6.07, 6.45) is 4.35. The number of carbonyl (C=O) groups is 2. The van der Waals surface area contributed by atoms with Crippen molar-refractivity contribution < 1.29 is 9.59 Å². The highest BCUT2D eigenvalue weighted by molar-refractivity contribution is 6.17. The van der Waals surface area contributed by atoms with Gasteiger partial charge in [-0.25, -0.2) is 4.79 Å². The zero-order chi connectivity index (χ0) is 12.0. The predicted molar refractivity (Wildman–Crippen MR) is 63.5 cm³/mol. The van der Waals surface area contributed by atoms with Crippen LogP contribution in [0.25, 0.3) is 0 Å². The molecule has 0 radical (unpaired) electrons. The van der Waals surface area contributed by atoms with E-state index in [2.05, 4.69) is 5.32 Å². The van der Waals surface area contributed by atoms with Crippen LogP contribution in [-0.2, 0) is 4.79 Å². The lowest BCUT2D eigenvalue weighted by atomic mass is 10.1. The number of nitrogens with zero attached hydrogens (tertiary/aromatic N) is 1. The molecular formula is C11H19ClN2O2. The summed E-state index contributed by atoms with van der Waals surface area (Å²) >= 11 is 5.56. The first-order chi connectivity index (χ1) is 7.70. The van der Waals surface area contributed by atoms with Crippen molar-refractivity contribution >= 4 is 23.5 Å². The first kappa shape index (κ1) is 13.3. The van der Waals surface area contributed by atoms with Gasteiger partial charge in [0.15, 0.2) is 0 Å². The van der Waals surface area contributed by atoms with Gasteiger partial charge in [-0.15, -0.1) is 11.6 Å². The Balaban J connectivity index is 2.36. The van der Waals surface area contributed by atoms with Crippen LogP contribution in [0.4, 0.5) is 4.79 Å². The summed E-state index contributed by atoms with van der Waals surface area (Å²) in [6, 6.07) is -0.542. The summed E-state index contributed by atoms with van der Waals surface area (Å²) in [7, 11) is 0. The number of carbonyl (C=O) groups excluding carboxylic acids is 2. The number of alkyl halides is 1. The molecule has 1 heterocycles. The normalized spacial score (nSPS) is 20.4. The van der Waals surface area contributed by atoms with Crippen LogP contribution in [-0.4, -0.2) is 35.3 Å². The van der Waals surface area contributed by atoms with Crippen molar-refractivity contribution in [3.8, 4) is 0 Å². The van der Waals surface area contributed by atoms with Gasteiger partial charge in [0.05, 0.1) is 0 Å². The van der Waals surface area contributed by atoms with Crippen molar-refractivity contribution in [3.63, 3.8) is 0 Å². The number of imide groups is 1. The summed E-state index contributed by atoms with van der Waals surface area (Å²) in [6.45, 7) is 2.52. The average molecular weight is 247 g/mol. The van der Waals surface area contributed by atoms with Crippen LogP contribution in [0.1, 0.15) is 39.0 Å². The van der Waals surface area contributed by atoms with Crippen molar-refractivity contribution in [2.75, 3.05) is 12.4 Å². The minimum atomic E-state index is -0.300. The highest BCUT2D eigenvalue weighted by atomic mass is 35.5. The van der Waals surface area contributed by atoms with Crippen molar-refractivity contribution in [1.29, 1.82) is 0 Å². The van der Waals surface area contributed by atoms with Crippen LogP contribution >= 0.6 is 11.6 Å². The van der Waals surface area contributed by atoms with Gasteiger partial charge in [0.1, 0.15) is 6.04 Å². The summed E-state index contributed by atoms with van der Waals surface area (Å²) < 4.78 is 0. The predicted octanol–water partition coefficient (Wildman–Crippen LogP) is 2.12. The van der Waals surface area contributed by atoms with E-state index < -0.39 is 0 Å². The van der Waals surface area contributed by atoms with Gasteiger partial charge in [-0.05, 0) is 19.3 Å². The molecule has 0 aromatic heterocycles. The van der Waals surface area contributed by atoms with Gasteiger partial charge >= 0.3 is 6.03 Å². The van der Waals surface area contributed by atoms with Crippen LogP contribution in [0.5, 0.6) is 0 Å². The lowest BCUT2D eigenvalue weighted by Crippen LogP contribution is -2.32. The lowest BCUT2D eigenvalue weighted by molar-refractivity contribution is -0.127. The fraction of sp³-hybridized carbons (Fsp3) is 0.818. The minimum Gasteiger partial charge on any atom is -0.326 e. The van der Waals surface area contributed by atoms with Crippen LogP contribution in [0.2, 0.25) is 0 Å². The molecule has 1 aliphatic heterocycles. The molecule has 1 fully saturated rings. The quantitative estimate of drug-likeness (QED) is 0.425. The average Bonchev–Trinajstić information content (AvgIpc) is 2.52. The number of hydrogen-bond acceptors (Lipinski definition) is 2. The standard InChI is InChI=1S/C11H19ClN2O2/c1-2-6-9-10(15)14(11(16)13-9)8-5-3-4-7-12/h9H,2-8H2,1H3,(H,13,16). The Kier molecular flexibility index (Phi) is 5.60. The van der Waals surface area contributed by atoms with Gasteiger partial charge < -0.3 is 5.32 Å². The smallest absolute Gasteiger partial charge is 0.324 e. The molecule has 0 saturated carbocycles. The topological polar surface area (TPSA) is 49.4 Å². The molecule has 1 saturated heterocycles. The molecule has 1 unspecified atom stereocenters. The Morgan fingerprint density at radius 1 is 1.31 bits per heavy atom. The molecule has 0 aromatic rings. The maximum absolute atomic E-state index is 11.8. The van der Waals surface area contributed by atoms with Crippen molar-refractivity contribution in [1.82, 2.24) is 10.2 Å². The monoisotopic (exact) mass is 246 g/mol. The van der Waals surface area contributed by atoms with E-state index in [0.29, 0.717) is 12.4 Å². The summed E-state index contributed by atoms with van der Waals surface area (Å²) in [4.78, 5) is 24.6. The Morgan fingerprint density at radius 3 is 2.69 bits per heavy atom. The van der Waals surface area contributed by atoms with Gasteiger partial charge in [0.25, 0.3) is 5.91 Å². The molecule has 0 bridgehead atoms. The molecule has 0 aliphatic carbocycles. The van der Waals surface area contributed by atoms with E-state index >= 15 is 0 Å². The van der Waals surface area contributed by atoms with Crippen molar-refractivity contribution in [2.24, 2.45) is 0 Å². The van der Waals surface area contributed by atoms with Gasteiger partial charge in [0, 0.05) is 12.4 Å². The molecule has 1 aliphatic rings. The number of halogens is 1. The SMILES string of the molecule is CCCC1NC(=O)N(CCCCCCl)C1=O. The highest BCUT2D eigenvalue weighted by Crippen LogP contribution is 2.12. The lowest BCUT2D eigenvalue weighted by Gasteiger charge is -2.12. The van der Waals surface area contributed by atoms with E-state index in [9.17, 15) is 9.59 Å². The van der Waals surface area contributed by atoms with Crippen LogP contribution in [0.15, 0.2) is 0 Å². The maximum Gasteiger partial charge on any atom is 0.324 e. The molecule has 92 valence electrons. The summed E-state index contributed by atoms with van der Waals surface area (Å²) in [5, 5.41) is 2.71. The van der Waals surface area contributed by atoms with E-state index in [-0.39, 0.29) is 18.0 Å². The molecular weight excluding hydrogens is 228 g/mol. The van der Waals surface area contributed by atoms with Crippen LogP contribution in [0, 0.1) is 0 Å². The molecule has 1 atom stereocenters. The summed E-state index contributed by atoms with van der Waals surface area (Å²) in [5.74, 6) is 0.566. The Hall–Kier alpha value is -0.770. The van der Waals surface area contributed by atoms with E-state index in [1.54, 1.807) is 0 Å². The second kappa shape index (κ2) is 6.74. The first-order valence-electron chi connectivity index (χ1n) is 5.88. The fourth-order valence-corrected chi connectivity index (χ4v) is 2.00. The fourth-order valence-electron chi connectivity index (χ4n) is 1.81. The number of amides is 3. The molecule has 4 nitrogen and oxygen atoms in total. The zero-order valence-electron chi connectivity index (χ0n) is 9.67. The third-order valence-electron chi connectivity index (χ3n) is 2.70. The number of hydrogen-bond donors (Lipinski definition) is 1. The van der Waals surface area contributed by atoms with E-state index in [4.69, 9.17) is 11.6 Å². The van der Waals surface area contributed by atoms with E-state index in [1.807, 2.05) is 6.92 Å². The third-order valence-corrected chi connectivity index (χ3v) is 2.97. The Morgan fingerprint density at radius 2 is 2.06 bits per heavy atom. The van der Waals surface area contributed by atoms with Crippen LogP contribution < -0.4 is 5.32 Å². The molecule has 16 heavy (non-hydrogen) atoms. The second-order valence-electron chi connectivity index (χ2n) is 4.03. The third kappa shape index (κ3) is 3.37. The molecule has 5 heteroatoms.